The predicted molar refractivity (Wildman–Crippen MR) is 107 cm³/mol. The van der Waals surface area contributed by atoms with Crippen LogP contribution in [0.1, 0.15) is 65.5 Å². The van der Waals surface area contributed by atoms with Crippen molar-refractivity contribution in [1.82, 2.24) is 0 Å². The van der Waals surface area contributed by atoms with Crippen LogP contribution in [0.3, 0.4) is 0 Å². The summed E-state index contributed by atoms with van der Waals surface area (Å²) >= 11 is 0. The van der Waals surface area contributed by atoms with Gasteiger partial charge in [-0.3, -0.25) is 0 Å². The summed E-state index contributed by atoms with van der Waals surface area (Å²) in [5, 5.41) is 0. The highest BCUT2D eigenvalue weighted by Crippen LogP contribution is 2.31. The molecule has 138 valence electrons. The van der Waals surface area contributed by atoms with Crippen molar-refractivity contribution in [1.29, 1.82) is 0 Å². The first-order valence-corrected chi connectivity index (χ1v) is 9.29. The summed E-state index contributed by atoms with van der Waals surface area (Å²) in [5.41, 5.74) is 4.81. The van der Waals surface area contributed by atoms with Crippen LogP contribution in [0.5, 0.6) is 0 Å². The first kappa shape index (κ1) is 21.2. The number of carbonyl (C=O) groups is 1. The number of cyclic esters (lactones) is 1. The van der Waals surface area contributed by atoms with E-state index in [1.165, 1.54) is 12.8 Å². The van der Waals surface area contributed by atoms with Crippen LogP contribution in [0.15, 0.2) is 48.1 Å². The maximum atomic E-state index is 11.3. The quantitative estimate of drug-likeness (QED) is 0.458. The number of hydrogen-bond acceptors (Lipinski definition) is 2. The maximum Gasteiger partial charge on any atom is 0.334 e. The van der Waals surface area contributed by atoms with Gasteiger partial charge in [0.05, 0.1) is 0 Å². The summed E-state index contributed by atoms with van der Waals surface area (Å²) < 4.78 is 5.31. The second-order valence-corrected chi connectivity index (χ2v) is 7.47. The Balaban J connectivity index is 0.000000218. The Morgan fingerprint density at radius 2 is 1.72 bits per heavy atom. The van der Waals surface area contributed by atoms with E-state index in [9.17, 15) is 4.79 Å². The number of rotatable bonds is 1. The Kier molecular flexibility index (Phi) is 8.15. The minimum absolute atomic E-state index is 0.150. The van der Waals surface area contributed by atoms with E-state index in [0.29, 0.717) is 0 Å². The Morgan fingerprint density at radius 1 is 1.24 bits per heavy atom. The fourth-order valence-electron chi connectivity index (χ4n) is 3.18. The summed E-state index contributed by atoms with van der Waals surface area (Å²) in [6.45, 7) is 15.4. The van der Waals surface area contributed by atoms with Crippen molar-refractivity contribution in [3.05, 3.63) is 59.2 Å². The molecule has 1 unspecified atom stereocenters. The van der Waals surface area contributed by atoms with E-state index in [1.54, 1.807) is 17.2 Å². The molecule has 0 saturated carbocycles. The zero-order valence-corrected chi connectivity index (χ0v) is 16.8. The van der Waals surface area contributed by atoms with Gasteiger partial charge < -0.3 is 4.74 Å². The monoisotopic (exact) mass is 342 g/mol. The predicted octanol–water partition coefficient (Wildman–Crippen LogP) is 6.05. The van der Waals surface area contributed by atoms with Crippen molar-refractivity contribution >= 4 is 5.97 Å². The molecule has 0 spiro atoms. The van der Waals surface area contributed by atoms with Crippen molar-refractivity contribution in [2.45, 2.75) is 72.8 Å². The van der Waals surface area contributed by atoms with Crippen LogP contribution in [-0.2, 0) is 22.4 Å². The normalized spacial score (nSPS) is 22.1. The van der Waals surface area contributed by atoms with Crippen molar-refractivity contribution in [3.63, 3.8) is 0 Å². The van der Waals surface area contributed by atoms with Gasteiger partial charge in [0, 0.05) is 12.0 Å². The Bertz CT molecular complexity index is 602. The zero-order valence-electron chi connectivity index (χ0n) is 16.8. The van der Waals surface area contributed by atoms with Crippen molar-refractivity contribution in [3.8, 4) is 0 Å². The third-order valence-corrected chi connectivity index (χ3v) is 4.93. The second kappa shape index (κ2) is 9.60. The number of carbonyl (C=O) groups excluding carboxylic acids is 1. The summed E-state index contributed by atoms with van der Waals surface area (Å²) in [5.74, 6) is 0.723. The Morgan fingerprint density at radius 3 is 2.12 bits per heavy atom. The average Bonchev–Trinajstić information content (AvgIpc) is 2.94. The Hall–Kier alpha value is -1.83. The highest BCUT2D eigenvalue weighted by Gasteiger charge is 2.32. The zero-order chi connectivity index (χ0) is 19.0. The van der Waals surface area contributed by atoms with Gasteiger partial charge >= 0.3 is 5.97 Å². The van der Waals surface area contributed by atoms with E-state index >= 15 is 0 Å². The minimum Gasteiger partial charge on any atom is -0.456 e. The topological polar surface area (TPSA) is 26.3 Å². The van der Waals surface area contributed by atoms with Crippen LogP contribution in [0, 0.1) is 5.92 Å². The molecule has 0 fully saturated rings. The standard InChI is InChI=1S/C10H16O2.C10H12.C3H6/c1-5-10(4)6-7(2)8(3)9(11)12-10;1-8-6-9-4-2-3-5-10(9)7-8;1-3-2/h5-6H2,1-4H3;2-5,8H,6-7H2,1H3;3H,1H2,2H3. The van der Waals surface area contributed by atoms with Crippen LogP contribution in [0.4, 0.5) is 0 Å². The molecule has 2 aliphatic rings. The molecule has 2 nitrogen and oxygen atoms in total. The van der Waals surface area contributed by atoms with Gasteiger partial charge in [0.2, 0.25) is 0 Å². The van der Waals surface area contributed by atoms with Gasteiger partial charge in [0.15, 0.2) is 0 Å². The van der Waals surface area contributed by atoms with Crippen molar-refractivity contribution in [2.75, 3.05) is 0 Å². The molecule has 0 saturated heterocycles. The molecule has 1 aliphatic heterocycles. The van der Waals surface area contributed by atoms with E-state index in [4.69, 9.17) is 4.74 Å². The third kappa shape index (κ3) is 6.19. The molecule has 0 aromatic heterocycles. The lowest BCUT2D eigenvalue weighted by Gasteiger charge is -2.33. The largest absolute Gasteiger partial charge is 0.456 e. The number of ether oxygens (including phenoxy) is 1. The number of allylic oxidation sites excluding steroid dienone is 1. The van der Waals surface area contributed by atoms with E-state index in [1.807, 2.05) is 34.6 Å². The van der Waals surface area contributed by atoms with Gasteiger partial charge in [0.1, 0.15) is 5.60 Å². The molecule has 1 atom stereocenters. The highest BCUT2D eigenvalue weighted by atomic mass is 16.6. The molecule has 1 heterocycles. The summed E-state index contributed by atoms with van der Waals surface area (Å²) in [6.07, 6.45) is 6.08. The fourth-order valence-corrected chi connectivity index (χ4v) is 3.18. The van der Waals surface area contributed by atoms with Crippen LogP contribution in [-0.4, -0.2) is 11.6 Å². The first-order chi connectivity index (χ1) is 11.8. The molecule has 0 N–H and O–H groups in total. The molecular formula is C23H34O2. The summed E-state index contributed by atoms with van der Waals surface area (Å²) in [6, 6.07) is 8.77. The van der Waals surface area contributed by atoms with Crippen LogP contribution in [0.25, 0.3) is 0 Å². The van der Waals surface area contributed by atoms with Crippen LogP contribution >= 0.6 is 0 Å². The van der Waals surface area contributed by atoms with Gasteiger partial charge in [0.25, 0.3) is 0 Å². The molecule has 3 rings (SSSR count). The molecule has 1 aromatic rings. The number of esters is 1. The smallest absolute Gasteiger partial charge is 0.334 e. The summed E-state index contributed by atoms with van der Waals surface area (Å²) in [4.78, 5) is 11.3. The van der Waals surface area contributed by atoms with Gasteiger partial charge in [-0.25, -0.2) is 4.79 Å². The first-order valence-electron chi connectivity index (χ1n) is 9.29. The van der Waals surface area contributed by atoms with E-state index in [0.717, 1.165) is 29.9 Å². The number of fused-ring (bicyclic) bond motifs is 1. The van der Waals surface area contributed by atoms with E-state index < -0.39 is 0 Å². The van der Waals surface area contributed by atoms with Crippen molar-refractivity contribution < 1.29 is 9.53 Å². The Labute approximate surface area is 154 Å². The van der Waals surface area contributed by atoms with Gasteiger partial charge in [-0.05, 0) is 64.0 Å². The summed E-state index contributed by atoms with van der Waals surface area (Å²) in [7, 11) is 0. The molecule has 25 heavy (non-hydrogen) atoms. The van der Waals surface area contributed by atoms with Crippen LogP contribution < -0.4 is 0 Å². The number of benzene rings is 1. The highest BCUT2D eigenvalue weighted by molar-refractivity contribution is 5.89. The molecule has 0 radical (unpaired) electrons. The lowest BCUT2D eigenvalue weighted by Crippen LogP contribution is -2.35. The third-order valence-electron chi connectivity index (χ3n) is 4.93. The second-order valence-electron chi connectivity index (χ2n) is 7.47. The van der Waals surface area contributed by atoms with E-state index in [-0.39, 0.29) is 11.6 Å². The lowest BCUT2D eigenvalue weighted by molar-refractivity contribution is -0.155. The van der Waals surface area contributed by atoms with Gasteiger partial charge in [-0.15, -0.1) is 6.58 Å². The van der Waals surface area contributed by atoms with Gasteiger partial charge in [-0.2, -0.15) is 0 Å². The lowest BCUT2D eigenvalue weighted by atomic mass is 9.89. The van der Waals surface area contributed by atoms with Gasteiger partial charge in [-0.1, -0.05) is 49.8 Å². The molecule has 0 bridgehead atoms. The number of hydrogen-bond donors (Lipinski definition) is 0. The van der Waals surface area contributed by atoms with Crippen molar-refractivity contribution in [2.24, 2.45) is 5.92 Å². The van der Waals surface area contributed by atoms with E-state index in [2.05, 4.69) is 37.8 Å². The SMILES string of the molecule is C=CC.CC1Cc2ccccc2C1.CCC1(C)CC(C)=C(C)C(=O)O1. The molecule has 1 aromatic carbocycles. The minimum atomic E-state index is -0.263. The maximum absolute atomic E-state index is 11.3. The fraction of sp³-hybridized carbons (Fsp3) is 0.522. The molecule has 1 aliphatic carbocycles. The average molecular weight is 343 g/mol. The molecule has 2 heteroatoms. The molecule has 0 amide bonds. The van der Waals surface area contributed by atoms with Crippen LogP contribution in [0.2, 0.25) is 0 Å². The molecular weight excluding hydrogens is 308 g/mol.